The Morgan fingerprint density at radius 2 is 1.97 bits per heavy atom. The molecule has 1 amide bonds. The van der Waals surface area contributed by atoms with Gasteiger partial charge in [-0.25, -0.2) is 19.3 Å². The molecule has 168 valence electrons. The summed E-state index contributed by atoms with van der Waals surface area (Å²) in [5.41, 5.74) is 7.08. The van der Waals surface area contributed by atoms with Gasteiger partial charge < -0.3 is 10.6 Å². The second-order valence-corrected chi connectivity index (χ2v) is 8.37. The fourth-order valence-electron chi connectivity index (χ4n) is 5.02. The Morgan fingerprint density at radius 3 is 2.76 bits per heavy atom. The van der Waals surface area contributed by atoms with E-state index in [1.807, 2.05) is 0 Å². The van der Waals surface area contributed by atoms with Gasteiger partial charge >= 0.3 is 6.18 Å². The van der Waals surface area contributed by atoms with Crippen molar-refractivity contribution in [3.63, 3.8) is 0 Å². The molecule has 2 aliphatic rings. The van der Waals surface area contributed by atoms with E-state index in [0.29, 0.717) is 41.7 Å². The van der Waals surface area contributed by atoms with E-state index in [2.05, 4.69) is 15.0 Å². The van der Waals surface area contributed by atoms with Crippen molar-refractivity contribution < 1.29 is 22.4 Å². The molecule has 3 aromatic heterocycles. The third kappa shape index (κ3) is 2.87. The number of benzene rings is 1. The van der Waals surface area contributed by atoms with E-state index in [-0.39, 0.29) is 22.8 Å². The van der Waals surface area contributed by atoms with Crippen LogP contribution in [-0.4, -0.2) is 36.7 Å². The van der Waals surface area contributed by atoms with E-state index in [1.165, 1.54) is 29.6 Å². The fraction of sp³-hybridized carbons (Fsp3) is 0.273. The van der Waals surface area contributed by atoms with Crippen molar-refractivity contribution in [2.24, 2.45) is 0 Å². The summed E-state index contributed by atoms with van der Waals surface area (Å²) in [6, 6.07) is 4.45. The highest BCUT2D eigenvalue weighted by molar-refractivity contribution is 5.99. The molecule has 1 unspecified atom stereocenters. The molecule has 4 heterocycles. The number of carbonyl (C=O) groups is 1. The van der Waals surface area contributed by atoms with Crippen molar-refractivity contribution in [2.75, 3.05) is 12.3 Å². The number of carbonyl (C=O) groups excluding carboxylic acids is 1. The highest BCUT2D eigenvalue weighted by Gasteiger charge is 2.44. The van der Waals surface area contributed by atoms with Crippen LogP contribution < -0.4 is 5.73 Å². The molecule has 2 atom stereocenters. The number of imidazole rings is 1. The standard InChI is InChI=1S/C22H16F4N6O/c23-13-7-14-16(32-9-28-8-17(32)20(27)29-14)6-12(13)21(33)31-4-3-10-5-15(31)11-1-2-18(22(24,25)26)30-19(10)11/h1-2,6-10,15H,3-5H2,(H2,27,29)/t10?,15-/m1/s1. The highest BCUT2D eigenvalue weighted by atomic mass is 19.4. The summed E-state index contributed by atoms with van der Waals surface area (Å²) in [4.78, 5) is 27.1. The number of hydrogen-bond donors (Lipinski definition) is 1. The molecule has 0 spiro atoms. The molecule has 11 heteroatoms. The van der Waals surface area contributed by atoms with Gasteiger partial charge in [-0.3, -0.25) is 9.20 Å². The summed E-state index contributed by atoms with van der Waals surface area (Å²) in [5.74, 6) is -1.25. The number of alkyl halides is 3. The van der Waals surface area contributed by atoms with Gasteiger partial charge in [0.25, 0.3) is 5.91 Å². The van der Waals surface area contributed by atoms with Crippen LogP contribution in [0, 0.1) is 5.82 Å². The van der Waals surface area contributed by atoms with Crippen LogP contribution in [0.25, 0.3) is 16.6 Å². The van der Waals surface area contributed by atoms with Gasteiger partial charge in [0.05, 0.1) is 35.2 Å². The summed E-state index contributed by atoms with van der Waals surface area (Å²) in [6.45, 7) is 0.295. The largest absolute Gasteiger partial charge is 0.433 e. The maximum atomic E-state index is 15.0. The van der Waals surface area contributed by atoms with Gasteiger partial charge in [-0.15, -0.1) is 0 Å². The number of hydrogen-bond acceptors (Lipinski definition) is 5. The van der Waals surface area contributed by atoms with Gasteiger partial charge in [-0.2, -0.15) is 13.2 Å². The summed E-state index contributed by atoms with van der Waals surface area (Å²) >= 11 is 0. The van der Waals surface area contributed by atoms with Crippen LogP contribution in [0.2, 0.25) is 0 Å². The number of pyridine rings is 1. The van der Waals surface area contributed by atoms with Crippen molar-refractivity contribution in [1.29, 1.82) is 0 Å². The summed E-state index contributed by atoms with van der Waals surface area (Å²) in [7, 11) is 0. The minimum atomic E-state index is -4.54. The quantitative estimate of drug-likeness (QED) is 0.436. The van der Waals surface area contributed by atoms with Crippen LogP contribution in [0.15, 0.2) is 36.8 Å². The Labute approximate surface area is 183 Å². The summed E-state index contributed by atoms with van der Waals surface area (Å²) in [5, 5.41) is 0. The third-order valence-electron chi connectivity index (χ3n) is 6.55. The maximum absolute atomic E-state index is 15.0. The SMILES string of the molecule is Nc1nc2cc(F)c(C(=O)N3CCC4C[C@@H]3c3ccc(C(F)(F)F)nc34)cc2n2cncc12. The first-order valence-corrected chi connectivity index (χ1v) is 10.3. The molecular formula is C22H16F4N6O. The number of aromatic nitrogens is 4. The number of likely N-dealkylation sites (tertiary alicyclic amines) is 1. The number of anilines is 1. The van der Waals surface area contributed by atoms with Gasteiger partial charge in [0.15, 0.2) is 0 Å². The van der Waals surface area contributed by atoms with Crippen molar-refractivity contribution >= 4 is 28.3 Å². The minimum Gasteiger partial charge on any atom is -0.382 e. The lowest BCUT2D eigenvalue weighted by atomic mass is 9.96. The van der Waals surface area contributed by atoms with E-state index in [1.54, 1.807) is 4.40 Å². The van der Waals surface area contributed by atoms with Gasteiger partial charge in [0.2, 0.25) is 0 Å². The molecule has 1 fully saturated rings. The van der Waals surface area contributed by atoms with Crippen LogP contribution in [0.3, 0.4) is 0 Å². The molecule has 2 bridgehead atoms. The average molecular weight is 456 g/mol. The molecule has 1 aliphatic carbocycles. The Balaban J connectivity index is 1.42. The Hall–Kier alpha value is -3.76. The molecular weight excluding hydrogens is 440 g/mol. The van der Waals surface area contributed by atoms with E-state index < -0.39 is 29.6 Å². The van der Waals surface area contributed by atoms with E-state index in [9.17, 15) is 18.0 Å². The van der Waals surface area contributed by atoms with Crippen molar-refractivity contribution in [3.05, 3.63) is 65.1 Å². The molecule has 33 heavy (non-hydrogen) atoms. The Bertz CT molecular complexity index is 1460. The second-order valence-electron chi connectivity index (χ2n) is 8.37. The zero-order chi connectivity index (χ0) is 23.1. The first-order chi connectivity index (χ1) is 15.7. The molecule has 7 nitrogen and oxygen atoms in total. The molecule has 1 saturated heterocycles. The average Bonchev–Trinajstić information content (AvgIpc) is 3.37. The Kier molecular flexibility index (Phi) is 3.99. The van der Waals surface area contributed by atoms with E-state index in [0.717, 1.165) is 12.1 Å². The number of nitrogen functional groups attached to an aromatic ring is 1. The van der Waals surface area contributed by atoms with Crippen LogP contribution in [-0.2, 0) is 6.18 Å². The predicted octanol–water partition coefficient (Wildman–Crippen LogP) is 4.09. The normalized spacial score (nSPS) is 19.9. The molecule has 0 radical (unpaired) electrons. The molecule has 1 aromatic carbocycles. The van der Waals surface area contributed by atoms with E-state index in [4.69, 9.17) is 5.73 Å². The molecule has 6 rings (SSSR count). The topological polar surface area (TPSA) is 89.4 Å². The maximum Gasteiger partial charge on any atom is 0.433 e. The number of piperidine rings is 1. The van der Waals surface area contributed by atoms with Crippen LogP contribution in [0.5, 0.6) is 0 Å². The lowest BCUT2D eigenvalue weighted by Crippen LogP contribution is -2.38. The number of fused-ring (bicyclic) bond motifs is 8. The highest BCUT2D eigenvalue weighted by Crippen LogP contribution is 2.49. The molecule has 4 aromatic rings. The lowest BCUT2D eigenvalue weighted by molar-refractivity contribution is -0.141. The Morgan fingerprint density at radius 1 is 1.15 bits per heavy atom. The first kappa shape index (κ1) is 19.9. The number of nitrogens with two attached hydrogens (primary N) is 1. The zero-order valence-corrected chi connectivity index (χ0v) is 17.0. The monoisotopic (exact) mass is 456 g/mol. The van der Waals surface area contributed by atoms with Gasteiger partial charge in [-0.05, 0) is 30.5 Å². The molecule has 0 saturated carbocycles. The third-order valence-corrected chi connectivity index (χ3v) is 6.55. The fourth-order valence-corrected chi connectivity index (χ4v) is 5.02. The van der Waals surface area contributed by atoms with E-state index >= 15 is 4.39 Å². The minimum absolute atomic E-state index is 0.143. The summed E-state index contributed by atoms with van der Waals surface area (Å²) in [6.07, 6.45) is -0.581. The zero-order valence-electron chi connectivity index (χ0n) is 17.0. The smallest absolute Gasteiger partial charge is 0.382 e. The van der Waals surface area contributed by atoms with Gasteiger partial charge in [-0.1, -0.05) is 6.07 Å². The van der Waals surface area contributed by atoms with Crippen LogP contribution >= 0.6 is 0 Å². The number of halogens is 4. The van der Waals surface area contributed by atoms with Gasteiger partial charge in [0, 0.05) is 24.2 Å². The van der Waals surface area contributed by atoms with Crippen LogP contribution in [0.1, 0.15) is 52.1 Å². The molecule has 2 N–H and O–H groups in total. The predicted molar refractivity (Wildman–Crippen MR) is 110 cm³/mol. The first-order valence-electron chi connectivity index (χ1n) is 10.3. The number of amides is 1. The lowest BCUT2D eigenvalue weighted by Gasteiger charge is -2.33. The molecule has 1 aliphatic heterocycles. The number of rotatable bonds is 1. The van der Waals surface area contributed by atoms with Crippen molar-refractivity contribution in [3.8, 4) is 0 Å². The van der Waals surface area contributed by atoms with Crippen molar-refractivity contribution in [1.82, 2.24) is 24.3 Å². The number of nitrogens with zero attached hydrogens (tertiary/aromatic N) is 5. The van der Waals surface area contributed by atoms with Gasteiger partial charge in [0.1, 0.15) is 22.8 Å². The van der Waals surface area contributed by atoms with Crippen LogP contribution in [0.4, 0.5) is 23.4 Å². The van der Waals surface area contributed by atoms with Crippen molar-refractivity contribution in [2.45, 2.75) is 31.0 Å². The summed E-state index contributed by atoms with van der Waals surface area (Å²) < 4.78 is 56.0. The second kappa shape index (κ2) is 6.63.